The molecule has 0 fully saturated rings. The normalized spacial score (nSPS) is 14.1. The largest absolute Gasteiger partial charge is 0.508 e. The Bertz CT molecular complexity index is 1040. The van der Waals surface area contributed by atoms with Crippen molar-refractivity contribution in [2.45, 2.75) is 37.0 Å². The molecule has 0 bridgehead atoms. The average molecular weight is 519 g/mol. The maximum atomic E-state index is 12.9. The van der Waals surface area contributed by atoms with Gasteiger partial charge >= 0.3 is 5.97 Å². The molecule has 8 N–H and O–H groups in total. The first kappa shape index (κ1) is 28.6. The number of aliphatic hydroxyl groups excluding tert-OH is 1. The molecule has 12 heteroatoms. The van der Waals surface area contributed by atoms with Gasteiger partial charge in [0.05, 0.1) is 12.6 Å². The van der Waals surface area contributed by atoms with Crippen LogP contribution in [-0.2, 0) is 32.0 Å². The molecule has 2 aromatic rings. The highest BCUT2D eigenvalue weighted by molar-refractivity contribution is 7.80. The summed E-state index contributed by atoms with van der Waals surface area (Å²) in [5, 5.41) is 35.0. The molecule has 0 aliphatic carbocycles. The Morgan fingerprint density at radius 2 is 1.31 bits per heavy atom. The van der Waals surface area contributed by atoms with Crippen molar-refractivity contribution in [2.24, 2.45) is 5.73 Å². The number of carboxylic acids is 1. The molecule has 0 aliphatic heterocycles. The molecule has 0 saturated carbocycles. The van der Waals surface area contributed by atoms with Gasteiger partial charge in [-0.05, 0) is 29.7 Å². The topological polar surface area (TPSA) is 191 Å². The Hall–Kier alpha value is -3.61. The number of nitrogens with two attached hydrogens (primary N) is 1. The molecule has 4 unspecified atom stereocenters. The summed E-state index contributed by atoms with van der Waals surface area (Å²) in [6.45, 7) is -0.832. The van der Waals surface area contributed by atoms with Crippen LogP contribution in [0.5, 0.6) is 5.75 Å². The van der Waals surface area contributed by atoms with Gasteiger partial charge in [0.2, 0.25) is 17.7 Å². The lowest BCUT2D eigenvalue weighted by atomic mass is 10.0. The van der Waals surface area contributed by atoms with Crippen LogP contribution in [0.2, 0.25) is 0 Å². The Morgan fingerprint density at radius 1 is 0.778 bits per heavy atom. The number of hydrogen-bond acceptors (Lipinski definition) is 8. The highest BCUT2D eigenvalue weighted by Gasteiger charge is 2.30. The predicted molar refractivity (Wildman–Crippen MR) is 134 cm³/mol. The van der Waals surface area contributed by atoms with Gasteiger partial charge in [-0.15, -0.1) is 0 Å². The van der Waals surface area contributed by atoms with Crippen LogP contribution in [0.25, 0.3) is 0 Å². The molecule has 0 spiro atoms. The molecule has 36 heavy (non-hydrogen) atoms. The van der Waals surface area contributed by atoms with E-state index in [1.165, 1.54) is 12.1 Å². The average Bonchev–Trinajstić information content (AvgIpc) is 2.86. The second-order valence-corrected chi connectivity index (χ2v) is 8.42. The van der Waals surface area contributed by atoms with Crippen LogP contribution in [0.15, 0.2) is 54.6 Å². The monoisotopic (exact) mass is 518 g/mol. The highest BCUT2D eigenvalue weighted by atomic mass is 32.1. The van der Waals surface area contributed by atoms with Crippen molar-refractivity contribution in [3.8, 4) is 5.75 Å². The quantitative estimate of drug-likeness (QED) is 0.154. The fourth-order valence-electron chi connectivity index (χ4n) is 3.24. The molecule has 4 atom stereocenters. The number of carboxylic acid groups (broad SMARTS) is 1. The van der Waals surface area contributed by atoms with Crippen LogP contribution in [0.1, 0.15) is 11.1 Å². The Balaban J connectivity index is 2.08. The van der Waals surface area contributed by atoms with Gasteiger partial charge in [-0.3, -0.25) is 14.4 Å². The van der Waals surface area contributed by atoms with Gasteiger partial charge in [0.15, 0.2) is 0 Å². The summed E-state index contributed by atoms with van der Waals surface area (Å²) in [6, 6.07) is 10.0. The van der Waals surface area contributed by atoms with E-state index in [4.69, 9.17) is 10.8 Å². The molecule has 2 rings (SSSR count). The lowest BCUT2D eigenvalue weighted by molar-refractivity contribution is -0.143. The Kier molecular flexibility index (Phi) is 11.2. The number of aromatic hydroxyl groups is 1. The zero-order valence-corrected chi connectivity index (χ0v) is 20.2. The summed E-state index contributed by atoms with van der Waals surface area (Å²) in [5.41, 5.74) is 7.36. The number of hydrogen-bond donors (Lipinski definition) is 8. The van der Waals surface area contributed by atoms with Gasteiger partial charge in [0.25, 0.3) is 0 Å². The molecule has 0 heterocycles. The molecule has 194 valence electrons. The first-order valence-corrected chi connectivity index (χ1v) is 11.7. The van der Waals surface area contributed by atoms with Gasteiger partial charge in [0.1, 0.15) is 23.9 Å². The first-order valence-electron chi connectivity index (χ1n) is 11.1. The van der Waals surface area contributed by atoms with Crippen LogP contribution in [0.3, 0.4) is 0 Å². The third-order valence-electron chi connectivity index (χ3n) is 5.26. The molecule has 0 saturated heterocycles. The third kappa shape index (κ3) is 8.87. The van der Waals surface area contributed by atoms with E-state index >= 15 is 0 Å². The molecule has 0 aromatic heterocycles. The van der Waals surface area contributed by atoms with E-state index in [9.17, 15) is 29.4 Å². The Labute approximate surface area is 213 Å². The van der Waals surface area contributed by atoms with Gasteiger partial charge in [0, 0.05) is 12.2 Å². The maximum absolute atomic E-state index is 12.9. The van der Waals surface area contributed by atoms with E-state index < -0.39 is 54.5 Å². The van der Waals surface area contributed by atoms with Crippen molar-refractivity contribution < 1.29 is 34.5 Å². The fourth-order valence-corrected chi connectivity index (χ4v) is 3.50. The Morgan fingerprint density at radius 3 is 1.86 bits per heavy atom. The number of benzene rings is 2. The van der Waals surface area contributed by atoms with E-state index in [0.29, 0.717) is 11.1 Å². The van der Waals surface area contributed by atoms with Crippen molar-refractivity contribution >= 4 is 36.3 Å². The van der Waals surface area contributed by atoms with Crippen LogP contribution < -0.4 is 21.7 Å². The number of aliphatic carboxylic acids is 1. The number of carbonyl (C=O) groups is 4. The number of phenols is 1. The van der Waals surface area contributed by atoms with Crippen LogP contribution in [0.4, 0.5) is 0 Å². The van der Waals surface area contributed by atoms with Crippen LogP contribution >= 0.6 is 12.6 Å². The number of carbonyl (C=O) groups excluding carboxylic acids is 3. The summed E-state index contributed by atoms with van der Waals surface area (Å²) in [4.78, 5) is 49.5. The van der Waals surface area contributed by atoms with Gasteiger partial charge in [-0.1, -0.05) is 42.5 Å². The third-order valence-corrected chi connectivity index (χ3v) is 5.62. The minimum absolute atomic E-state index is 0.0315. The van der Waals surface area contributed by atoms with Crippen molar-refractivity contribution in [1.82, 2.24) is 16.0 Å². The molecule has 11 nitrogen and oxygen atoms in total. The van der Waals surface area contributed by atoms with Crippen molar-refractivity contribution in [1.29, 1.82) is 0 Å². The lowest BCUT2D eigenvalue weighted by Gasteiger charge is -2.24. The number of amides is 3. The van der Waals surface area contributed by atoms with Crippen LogP contribution in [-0.4, -0.2) is 75.5 Å². The van der Waals surface area contributed by atoms with Crippen molar-refractivity contribution in [2.75, 3.05) is 12.4 Å². The van der Waals surface area contributed by atoms with Gasteiger partial charge in [-0.2, -0.15) is 12.6 Å². The molecule has 2 aromatic carbocycles. The fraction of sp³-hybridized carbons (Fsp3) is 0.333. The molecular formula is C24H30N4O7S. The van der Waals surface area contributed by atoms with Gasteiger partial charge < -0.3 is 37.0 Å². The number of thiol groups is 1. The maximum Gasteiger partial charge on any atom is 0.328 e. The van der Waals surface area contributed by atoms with E-state index in [1.807, 2.05) is 0 Å². The zero-order valence-electron chi connectivity index (χ0n) is 19.3. The minimum atomic E-state index is -1.55. The van der Waals surface area contributed by atoms with Crippen molar-refractivity contribution in [3.05, 3.63) is 65.7 Å². The standard InChI is InChI=1S/C24H30N4O7S/c25-17(10-15-6-8-16(30)9-7-15)21(31)28-20(13-36)23(33)26-18(11-14-4-2-1-3-5-14)22(32)27-19(12-29)24(34)35/h1-9,17-20,29-30,36H,10-13,25H2,(H,26,33)(H,27,32)(H,28,31)(H,34,35). The first-order chi connectivity index (χ1) is 17.1. The van der Waals surface area contributed by atoms with E-state index in [0.717, 1.165) is 0 Å². The molecule has 3 amide bonds. The SMILES string of the molecule is NC(Cc1ccc(O)cc1)C(=O)NC(CS)C(=O)NC(Cc1ccccc1)C(=O)NC(CO)C(=O)O. The minimum Gasteiger partial charge on any atom is -0.508 e. The number of phenolic OH excluding ortho intramolecular Hbond substituents is 1. The molecular weight excluding hydrogens is 488 g/mol. The summed E-state index contributed by atoms with van der Waals surface area (Å²) < 4.78 is 0. The van der Waals surface area contributed by atoms with E-state index in [1.54, 1.807) is 42.5 Å². The predicted octanol–water partition coefficient (Wildman–Crippen LogP) is -1.03. The van der Waals surface area contributed by atoms with E-state index in [-0.39, 0.29) is 24.3 Å². The van der Waals surface area contributed by atoms with Crippen LogP contribution in [0, 0.1) is 0 Å². The molecule has 0 aliphatic rings. The number of aliphatic hydroxyl groups is 1. The number of rotatable bonds is 13. The summed E-state index contributed by atoms with van der Waals surface area (Å²) in [7, 11) is 0. The summed E-state index contributed by atoms with van der Waals surface area (Å²) >= 11 is 4.12. The second kappa shape index (κ2) is 14.1. The lowest BCUT2D eigenvalue weighted by Crippen LogP contribution is -2.58. The second-order valence-electron chi connectivity index (χ2n) is 8.05. The molecule has 0 radical (unpaired) electrons. The van der Waals surface area contributed by atoms with Gasteiger partial charge in [-0.25, -0.2) is 4.79 Å². The van der Waals surface area contributed by atoms with Crippen molar-refractivity contribution in [3.63, 3.8) is 0 Å². The smallest absolute Gasteiger partial charge is 0.328 e. The highest BCUT2D eigenvalue weighted by Crippen LogP contribution is 2.11. The van der Waals surface area contributed by atoms with E-state index in [2.05, 4.69) is 28.6 Å². The summed E-state index contributed by atoms with van der Waals surface area (Å²) in [6.07, 6.45) is 0.188. The zero-order chi connectivity index (χ0) is 26.7. The number of nitrogens with one attached hydrogen (secondary N) is 3. The summed E-state index contributed by atoms with van der Waals surface area (Å²) in [5.74, 6) is -3.61.